The number of piperidine rings is 3. The molecule has 18 aliphatic rings. The Balaban J connectivity index is 0.000000118. The number of aromatic nitrogens is 2. The molecule has 12 aliphatic carbocycles. The Bertz CT molecular complexity index is 4410. The number of fused-ring (bicyclic) bond motifs is 19. The minimum atomic E-state index is -0.251. The number of nitrogens with one attached hydrogen (secondary N) is 2. The van der Waals surface area contributed by atoms with E-state index in [0.717, 1.165) is 162 Å². The number of aliphatic hydroxyl groups is 1. The molecular weight excluding hydrogens is 1460 g/mol. The van der Waals surface area contributed by atoms with Crippen LogP contribution in [0, 0.1) is 123 Å². The number of nitrogens with zero attached hydrogens (tertiary/aromatic N) is 3. The zero-order chi connectivity index (χ0) is 81.1. The van der Waals surface area contributed by atoms with Crippen LogP contribution in [0.4, 0.5) is 9.59 Å². The molecule has 1 aromatic heterocycles. The number of hydrogen-bond donors (Lipinski definition) is 3. The second-order valence-corrected chi connectivity index (χ2v) is 44.0. The summed E-state index contributed by atoms with van der Waals surface area (Å²) >= 11 is 0. The Hall–Kier alpha value is -5.87. The summed E-state index contributed by atoms with van der Waals surface area (Å²) in [6, 6.07) is 20.6. The molecule has 14 fully saturated rings. The fourth-order valence-electron chi connectivity index (χ4n) is 31.8. The summed E-state index contributed by atoms with van der Waals surface area (Å²) in [4.78, 5) is 56.0. The molecule has 30 atom stereocenters. The van der Waals surface area contributed by atoms with Crippen LogP contribution in [0.5, 0.6) is 0 Å². The highest BCUT2D eigenvalue weighted by Gasteiger charge is 2.66. The number of rotatable bonds is 4. The highest BCUT2D eigenvalue weighted by Crippen LogP contribution is 2.70. The third kappa shape index (κ3) is 13.7. The summed E-state index contributed by atoms with van der Waals surface area (Å²) in [7, 11) is 0. The van der Waals surface area contributed by atoms with Crippen molar-refractivity contribution in [2.45, 2.75) is 329 Å². The summed E-state index contributed by atoms with van der Waals surface area (Å²) in [5.74, 6) is 11.6. The standard InChI is InChI=1S/C37H49NO5.C36H49NO4.C29H43N3O/c1-22-14-33-34(38(19-22)35(41)42-21-25-8-6-5-7-9-25)24(3)37(43-33)13-12-28-29-11-10-27-15-32(40)26(20-39)18-36(27,4)31(29)16-30(28)23(2)17-37;1-22-16-32-33(37(20-22)34(39)40-21-25-8-6-5-7-9-25)24(3)36(41-32)15-13-28-29-11-10-26-17-27(38)12-14-35(26,4)31(29)18-30(28)23(2)19-36;1-16-9-26-27(30-14-16)18(3)29(33-26)8-7-21-22-6-5-20-10-25-19(15-31-32-25)13-28(20,4)24(22)11-23(21)17(2)12-29/h5-9,20,22,24,27-29,31,33-34,39H,10-19,21H2,1-4H3;5-9,22,24,26,28-29,31-33H,10-21H2,1-4H3;15-16,18,20-22,24,26-27,30H,5-14H2,1-4H3,(H,31,32)/b26-20-;;/t22-,24+,27-,28-,29-,31-,33+,34-,36-,37-;22-,24+,26-,28-,29-,31-,32+,33-,35-,36-;16-,18+,20+,21-,22-,24-,26+,27-,28-,29-/m000/s1. The Morgan fingerprint density at radius 2 is 0.966 bits per heavy atom. The number of carbonyl (C=O) groups is 4. The van der Waals surface area contributed by atoms with E-state index in [1.807, 2.05) is 76.0 Å². The number of aromatic amines is 1. The van der Waals surface area contributed by atoms with Crippen LogP contribution in [0.25, 0.3) is 0 Å². The van der Waals surface area contributed by atoms with E-state index in [-0.39, 0.29) is 76.3 Å². The molecule has 21 rings (SSSR count). The Kier molecular flexibility index (Phi) is 21.3. The Morgan fingerprint density at radius 3 is 1.46 bits per heavy atom. The number of benzene rings is 2. The van der Waals surface area contributed by atoms with Gasteiger partial charge in [-0.1, -0.05) is 156 Å². The van der Waals surface area contributed by atoms with E-state index in [4.69, 9.17) is 23.7 Å². The van der Waals surface area contributed by atoms with Crippen LogP contribution in [0.2, 0.25) is 0 Å². The van der Waals surface area contributed by atoms with E-state index in [0.29, 0.717) is 107 Å². The van der Waals surface area contributed by atoms with Crippen molar-refractivity contribution in [3.63, 3.8) is 0 Å². The van der Waals surface area contributed by atoms with Gasteiger partial charge in [0.05, 0.1) is 59.7 Å². The van der Waals surface area contributed by atoms with Crippen LogP contribution in [-0.2, 0) is 59.3 Å². The number of likely N-dealkylation sites (tertiary alicyclic amines) is 2. The van der Waals surface area contributed by atoms with Crippen LogP contribution in [0.3, 0.4) is 0 Å². The van der Waals surface area contributed by atoms with E-state index < -0.39 is 0 Å². The number of allylic oxidation sites excluding steroid dienone is 4. The van der Waals surface area contributed by atoms with Gasteiger partial charge in [-0.2, -0.15) is 5.10 Å². The molecule has 3 N–H and O–H groups in total. The van der Waals surface area contributed by atoms with Gasteiger partial charge in [0.1, 0.15) is 19.0 Å². The van der Waals surface area contributed by atoms with E-state index >= 15 is 0 Å². The first-order valence-electron chi connectivity index (χ1n) is 47.4. The maximum atomic E-state index is 13.5. The molecule has 6 aliphatic heterocycles. The lowest BCUT2D eigenvalue weighted by atomic mass is 9.51. The predicted molar refractivity (Wildman–Crippen MR) is 455 cm³/mol. The lowest BCUT2D eigenvalue weighted by Gasteiger charge is -2.52. The van der Waals surface area contributed by atoms with Gasteiger partial charge < -0.3 is 43.9 Å². The number of amides is 2. The second-order valence-electron chi connectivity index (χ2n) is 44.0. The van der Waals surface area contributed by atoms with Crippen molar-refractivity contribution in [2.75, 3.05) is 19.6 Å². The number of hydrogen-bond acceptors (Lipinski definition) is 12. The van der Waals surface area contributed by atoms with Gasteiger partial charge in [0.2, 0.25) is 0 Å². The molecule has 0 unspecified atom stereocenters. The Morgan fingerprint density at radius 1 is 0.521 bits per heavy atom. The SMILES string of the molecule is CC1=C2C[C@H]3[C@@H](CC[C@@H]4Cc5[nH]ncc5C[C@@]43C)[C@@H]2CC[C@@]2(C1)O[C@@H]1C[C@H](C)CN[C@H]1[C@H]2C.CC1=C2C[C@H]3[C@@H](CC[C@H]4CC(=O)/C(=C\O)C[C@@]43C)[C@@H]2CC[C@@]2(C1)O[C@@H]1C[C@H](C)CN(C(=O)OCc3ccccc3)[C@H]1[C@H]2C.CC1=C2C[C@H]3[C@@H](CC[C@H]4CC(=O)CC[C@@]43C)[C@@H]2CC[C@@]2(C1)O[C@@H]1C[C@H](C)CN(C(=O)OCc3ccccc3)[C@H]1[C@H]2C. The van der Waals surface area contributed by atoms with Crippen molar-refractivity contribution < 1.29 is 48.0 Å². The third-order valence-electron chi connectivity index (χ3n) is 38.0. The van der Waals surface area contributed by atoms with Crippen LogP contribution in [0.1, 0.15) is 272 Å². The van der Waals surface area contributed by atoms with Gasteiger partial charge in [-0.3, -0.25) is 14.7 Å². The first kappa shape index (κ1) is 80.8. The monoisotopic (exact) mass is 1600 g/mol. The van der Waals surface area contributed by atoms with E-state index in [1.54, 1.807) is 22.3 Å². The lowest BCUT2D eigenvalue weighted by Crippen LogP contribution is -2.54. The lowest BCUT2D eigenvalue weighted by molar-refractivity contribution is -0.130. The first-order chi connectivity index (χ1) is 56.2. The van der Waals surface area contributed by atoms with E-state index in [2.05, 4.69) is 105 Å². The molecule has 15 heteroatoms. The molecule has 2 amide bonds. The van der Waals surface area contributed by atoms with Crippen molar-refractivity contribution in [3.05, 3.63) is 135 Å². The van der Waals surface area contributed by atoms with Gasteiger partial charge in [-0.15, -0.1) is 0 Å². The topological polar surface area (TPSA) is 182 Å². The van der Waals surface area contributed by atoms with Crippen molar-refractivity contribution in [1.82, 2.24) is 25.3 Å². The summed E-state index contributed by atoms with van der Waals surface area (Å²) < 4.78 is 33.1. The molecule has 6 saturated heterocycles. The molecule has 7 heterocycles. The minimum absolute atomic E-state index is 0.0424. The predicted octanol–water partition coefficient (Wildman–Crippen LogP) is 21.0. The fraction of sp³-hybridized carbons (Fsp3) is 0.735. The summed E-state index contributed by atoms with van der Waals surface area (Å²) in [6.45, 7) is 32.1. The molecule has 0 bridgehead atoms. The van der Waals surface area contributed by atoms with Gasteiger partial charge in [-0.25, -0.2) is 9.59 Å². The molecule has 634 valence electrons. The zero-order valence-corrected chi connectivity index (χ0v) is 73.1. The normalized spacial score (nSPS) is 45.6. The number of Topliss-reactive ketones (excluding diaryl/α,β-unsaturated/α-hetero) is 2. The molecule has 3 spiro atoms. The highest BCUT2D eigenvalue weighted by molar-refractivity contribution is 5.96. The third-order valence-corrected chi connectivity index (χ3v) is 38.0. The number of ether oxygens (including phenoxy) is 5. The molecule has 2 aromatic carbocycles. The van der Waals surface area contributed by atoms with Crippen molar-refractivity contribution >= 4 is 23.8 Å². The molecule has 3 aromatic rings. The van der Waals surface area contributed by atoms with E-state index in [1.165, 1.54) is 107 Å². The first-order valence-corrected chi connectivity index (χ1v) is 47.4. The van der Waals surface area contributed by atoms with Crippen LogP contribution in [0.15, 0.2) is 112 Å². The van der Waals surface area contributed by atoms with Gasteiger partial charge in [-0.05, 0) is 310 Å². The smallest absolute Gasteiger partial charge is 0.410 e. The summed E-state index contributed by atoms with van der Waals surface area (Å²) in [5, 5.41) is 21.4. The number of carbonyl (C=O) groups excluding carboxylic acids is 4. The average Bonchev–Trinajstić information content (AvgIpc) is 1.59. The van der Waals surface area contributed by atoms with Gasteiger partial charge in [0.15, 0.2) is 5.78 Å². The van der Waals surface area contributed by atoms with Crippen LogP contribution < -0.4 is 5.32 Å². The number of ketones is 2. The molecule has 15 nitrogen and oxygen atoms in total. The highest BCUT2D eigenvalue weighted by atomic mass is 16.6. The molecule has 8 saturated carbocycles. The molecule has 0 radical (unpaired) electrons. The quantitative estimate of drug-likeness (QED) is 0.128. The zero-order valence-electron chi connectivity index (χ0n) is 73.1. The van der Waals surface area contributed by atoms with Gasteiger partial charge in [0, 0.05) is 67.4 Å². The summed E-state index contributed by atoms with van der Waals surface area (Å²) in [6.07, 6.45) is 34.6. The average molecular weight is 1600 g/mol. The minimum Gasteiger partial charge on any atom is -0.515 e. The second kappa shape index (κ2) is 30.9. The maximum absolute atomic E-state index is 13.5. The van der Waals surface area contributed by atoms with Crippen LogP contribution >= 0.6 is 0 Å². The van der Waals surface area contributed by atoms with Gasteiger partial charge in [0.25, 0.3) is 0 Å². The van der Waals surface area contributed by atoms with Gasteiger partial charge >= 0.3 is 12.2 Å². The summed E-state index contributed by atoms with van der Waals surface area (Å²) in [5.41, 5.74) is 16.1. The van der Waals surface area contributed by atoms with Crippen molar-refractivity contribution in [1.29, 1.82) is 0 Å². The van der Waals surface area contributed by atoms with Crippen molar-refractivity contribution in [3.8, 4) is 0 Å². The molecular formula is C102H141N5O10. The van der Waals surface area contributed by atoms with E-state index in [9.17, 15) is 24.3 Å². The molecule has 117 heavy (non-hydrogen) atoms. The maximum Gasteiger partial charge on any atom is 0.410 e. The fourth-order valence-corrected chi connectivity index (χ4v) is 31.8. The van der Waals surface area contributed by atoms with Crippen molar-refractivity contribution in [2.24, 2.45) is 123 Å². The largest absolute Gasteiger partial charge is 0.515 e. The number of aliphatic hydroxyl groups excluding tert-OH is 1. The number of H-pyrrole nitrogens is 1. The Labute approximate surface area is 699 Å². The van der Waals surface area contributed by atoms with Crippen LogP contribution in [-0.4, -0.2) is 122 Å².